The first kappa shape index (κ1) is 15.9. The van der Waals surface area contributed by atoms with Crippen LogP contribution in [0.15, 0.2) is 36.7 Å². The van der Waals surface area contributed by atoms with Crippen LogP contribution < -0.4 is 10.6 Å². The molecule has 0 aliphatic heterocycles. The molecule has 0 radical (unpaired) electrons. The van der Waals surface area contributed by atoms with Gasteiger partial charge in [-0.3, -0.25) is 4.79 Å². The fourth-order valence-electron chi connectivity index (χ4n) is 2.34. The normalized spacial score (nSPS) is 10.8. The molecule has 0 saturated heterocycles. The first-order valence-corrected chi connectivity index (χ1v) is 7.54. The first-order valence-electron chi connectivity index (χ1n) is 7.54. The van der Waals surface area contributed by atoms with Crippen molar-refractivity contribution in [3.05, 3.63) is 53.7 Å². The van der Waals surface area contributed by atoms with Gasteiger partial charge in [0.2, 0.25) is 5.91 Å². The van der Waals surface area contributed by atoms with E-state index in [2.05, 4.69) is 25.7 Å². The monoisotopic (exact) mass is 328 g/mol. The van der Waals surface area contributed by atoms with E-state index in [4.69, 9.17) is 0 Å². The summed E-state index contributed by atoms with van der Waals surface area (Å²) in [6.45, 7) is 2.83. The number of carbonyl (C=O) groups is 1. The SMILES string of the molecule is Cc1cc(NCCNC(=O)Cc2cccc(F)c2)n2ncnc2n1. The molecule has 124 valence electrons. The average Bonchev–Trinajstić information content (AvgIpc) is 2.99. The number of nitrogens with zero attached hydrogens (tertiary/aromatic N) is 4. The fourth-order valence-corrected chi connectivity index (χ4v) is 2.34. The maximum Gasteiger partial charge on any atom is 0.254 e. The van der Waals surface area contributed by atoms with E-state index in [0.29, 0.717) is 24.4 Å². The quantitative estimate of drug-likeness (QED) is 0.667. The minimum atomic E-state index is -0.341. The van der Waals surface area contributed by atoms with Crippen LogP contribution in [0.1, 0.15) is 11.3 Å². The molecule has 1 aromatic carbocycles. The van der Waals surface area contributed by atoms with Gasteiger partial charge in [-0.1, -0.05) is 12.1 Å². The van der Waals surface area contributed by atoms with E-state index in [1.54, 1.807) is 16.6 Å². The maximum atomic E-state index is 13.1. The number of rotatable bonds is 6. The van der Waals surface area contributed by atoms with Crippen molar-refractivity contribution >= 4 is 17.5 Å². The van der Waals surface area contributed by atoms with Crippen molar-refractivity contribution < 1.29 is 9.18 Å². The van der Waals surface area contributed by atoms with Crippen LogP contribution in [0.2, 0.25) is 0 Å². The van der Waals surface area contributed by atoms with Crippen LogP contribution in [0, 0.1) is 12.7 Å². The maximum absolute atomic E-state index is 13.1. The highest BCUT2D eigenvalue weighted by Crippen LogP contribution is 2.09. The minimum absolute atomic E-state index is 0.152. The second kappa shape index (κ2) is 7.03. The predicted molar refractivity (Wildman–Crippen MR) is 87.1 cm³/mol. The number of nitrogens with one attached hydrogen (secondary N) is 2. The topological polar surface area (TPSA) is 84.2 Å². The number of anilines is 1. The highest BCUT2D eigenvalue weighted by Gasteiger charge is 2.06. The summed E-state index contributed by atoms with van der Waals surface area (Å²) in [6.07, 6.45) is 1.59. The third-order valence-corrected chi connectivity index (χ3v) is 3.39. The van der Waals surface area contributed by atoms with E-state index < -0.39 is 0 Å². The zero-order chi connectivity index (χ0) is 16.9. The molecule has 0 saturated carbocycles. The molecular weight excluding hydrogens is 311 g/mol. The molecule has 0 fully saturated rings. The van der Waals surface area contributed by atoms with E-state index in [-0.39, 0.29) is 18.1 Å². The van der Waals surface area contributed by atoms with E-state index in [1.807, 2.05) is 13.0 Å². The van der Waals surface area contributed by atoms with Crippen LogP contribution in [-0.2, 0) is 11.2 Å². The van der Waals surface area contributed by atoms with Gasteiger partial charge in [0, 0.05) is 24.8 Å². The molecule has 1 amide bonds. The van der Waals surface area contributed by atoms with Gasteiger partial charge in [0.25, 0.3) is 5.78 Å². The summed E-state index contributed by atoms with van der Waals surface area (Å²) in [6, 6.07) is 7.89. The summed E-state index contributed by atoms with van der Waals surface area (Å²) in [5.74, 6) is 0.785. The van der Waals surface area contributed by atoms with E-state index >= 15 is 0 Å². The van der Waals surface area contributed by atoms with Crippen LogP contribution in [0.4, 0.5) is 10.2 Å². The Morgan fingerprint density at radius 2 is 2.17 bits per heavy atom. The van der Waals surface area contributed by atoms with Gasteiger partial charge in [0.15, 0.2) is 0 Å². The third-order valence-electron chi connectivity index (χ3n) is 3.39. The van der Waals surface area contributed by atoms with E-state index in [1.165, 1.54) is 18.5 Å². The summed E-state index contributed by atoms with van der Waals surface area (Å²) < 4.78 is 14.7. The second-order valence-corrected chi connectivity index (χ2v) is 5.34. The van der Waals surface area contributed by atoms with Crippen molar-refractivity contribution in [2.24, 2.45) is 0 Å². The Kier molecular flexibility index (Phi) is 4.64. The van der Waals surface area contributed by atoms with Gasteiger partial charge in [-0.25, -0.2) is 9.37 Å². The zero-order valence-corrected chi connectivity index (χ0v) is 13.2. The fraction of sp³-hybridized carbons (Fsp3) is 0.250. The van der Waals surface area contributed by atoms with Gasteiger partial charge in [0.1, 0.15) is 18.0 Å². The number of hydrogen-bond acceptors (Lipinski definition) is 5. The van der Waals surface area contributed by atoms with Crippen LogP contribution in [0.3, 0.4) is 0 Å². The Labute approximate surface area is 137 Å². The molecule has 24 heavy (non-hydrogen) atoms. The van der Waals surface area contributed by atoms with Crippen molar-refractivity contribution in [1.82, 2.24) is 24.9 Å². The van der Waals surface area contributed by atoms with E-state index in [9.17, 15) is 9.18 Å². The molecule has 0 atom stereocenters. The molecule has 0 aliphatic carbocycles. The highest BCUT2D eigenvalue weighted by molar-refractivity contribution is 5.78. The van der Waals surface area contributed by atoms with Crippen molar-refractivity contribution in [3.8, 4) is 0 Å². The number of carbonyl (C=O) groups excluding carboxylic acids is 1. The molecule has 2 N–H and O–H groups in total. The number of aryl methyl sites for hydroxylation is 1. The van der Waals surface area contributed by atoms with Crippen LogP contribution in [0.25, 0.3) is 5.78 Å². The lowest BCUT2D eigenvalue weighted by atomic mass is 10.1. The Balaban J connectivity index is 1.49. The molecule has 0 bridgehead atoms. The molecule has 0 unspecified atom stereocenters. The summed E-state index contributed by atoms with van der Waals surface area (Å²) in [5.41, 5.74) is 1.47. The number of amides is 1. The lowest BCUT2D eigenvalue weighted by Crippen LogP contribution is -2.30. The lowest BCUT2D eigenvalue weighted by molar-refractivity contribution is -0.120. The van der Waals surface area contributed by atoms with Gasteiger partial charge >= 0.3 is 0 Å². The molecular formula is C16H17FN6O. The number of benzene rings is 1. The Morgan fingerprint density at radius 1 is 1.29 bits per heavy atom. The number of halogens is 1. The molecule has 3 rings (SSSR count). The number of fused-ring (bicyclic) bond motifs is 1. The highest BCUT2D eigenvalue weighted by atomic mass is 19.1. The van der Waals surface area contributed by atoms with Gasteiger partial charge in [-0.15, -0.1) is 0 Å². The Morgan fingerprint density at radius 3 is 3.00 bits per heavy atom. The van der Waals surface area contributed by atoms with Crippen LogP contribution >= 0.6 is 0 Å². The molecule has 8 heteroatoms. The smallest absolute Gasteiger partial charge is 0.254 e. The van der Waals surface area contributed by atoms with Gasteiger partial charge in [-0.05, 0) is 24.6 Å². The van der Waals surface area contributed by atoms with Gasteiger partial charge in [0.05, 0.1) is 6.42 Å². The van der Waals surface area contributed by atoms with Crippen LogP contribution in [-0.4, -0.2) is 38.6 Å². The minimum Gasteiger partial charge on any atom is -0.368 e. The largest absolute Gasteiger partial charge is 0.368 e. The summed E-state index contributed by atoms with van der Waals surface area (Å²) in [5, 5.41) is 10.1. The standard InChI is InChI=1S/C16H17FN6O/c1-11-7-14(23-16(22-11)20-10-21-23)18-5-6-19-15(24)9-12-3-2-4-13(17)8-12/h2-4,7-8,10,18H,5-6,9H2,1H3,(H,19,24). The first-order chi connectivity index (χ1) is 11.6. The van der Waals surface area contributed by atoms with Crippen molar-refractivity contribution in [2.45, 2.75) is 13.3 Å². The second-order valence-electron chi connectivity index (χ2n) is 5.34. The average molecular weight is 328 g/mol. The number of hydrogen-bond donors (Lipinski definition) is 2. The van der Waals surface area contributed by atoms with Crippen LogP contribution in [0.5, 0.6) is 0 Å². The van der Waals surface area contributed by atoms with Crippen molar-refractivity contribution in [2.75, 3.05) is 18.4 Å². The summed E-state index contributed by atoms with van der Waals surface area (Å²) >= 11 is 0. The van der Waals surface area contributed by atoms with Gasteiger partial charge in [-0.2, -0.15) is 14.6 Å². The van der Waals surface area contributed by atoms with Crippen molar-refractivity contribution in [3.63, 3.8) is 0 Å². The Hall–Kier alpha value is -3.03. The molecule has 2 aromatic heterocycles. The van der Waals surface area contributed by atoms with Gasteiger partial charge < -0.3 is 10.6 Å². The molecule has 7 nitrogen and oxygen atoms in total. The zero-order valence-electron chi connectivity index (χ0n) is 13.2. The van der Waals surface area contributed by atoms with E-state index in [0.717, 1.165) is 11.5 Å². The molecule has 0 aliphatic rings. The third kappa shape index (κ3) is 3.83. The summed E-state index contributed by atoms with van der Waals surface area (Å²) in [7, 11) is 0. The van der Waals surface area contributed by atoms with Crippen molar-refractivity contribution in [1.29, 1.82) is 0 Å². The predicted octanol–water partition coefficient (Wildman–Crippen LogP) is 1.34. The molecule has 3 aromatic rings. The Bertz CT molecular complexity index is 863. The molecule has 2 heterocycles. The number of aromatic nitrogens is 4. The lowest BCUT2D eigenvalue weighted by Gasteiger charge is -2.09. The summed E-state index contributed by atoms with van der Waals surface area (Å²) in [4.78, 5) is 20.2. The molecule has 0 spiro atoms.